The van der Waals surface area contributed by atoms with Crippen molar-refractivity contribution in [3.8, 4) is 0 Å². The van der Waals surface area contributed by atoms with Crippen molar-refractivity contribution in [3.63, 3.8) is 0 Å². The maximum atomic E-state index is 11.4. The zero-order valence-electron chi connectivity index (χ0n) is 12.0. The van der Waals surface area contributed by atoms with Gasteiger partial charge in [0.2, 0.25) is 0 Å². The summed E-state index contributed by atoms with van der Waals surface area (Å²) < 4.78 is 1.96. The Labute approximate surface area is 122 Å². The second-order valence-electron chi connectivity index (χ2n) is 5.27. The van der Waals surface area contributed by atoms with Crippen LogP contribution in [0.5, 0.6) is 0 Å². The standard InChI is InChI=1S/C17H16N2O2/c1-11-6-7-13(18-8-11)9-19-10-15(17(20)21)14-5-3-4-12(2)16(14)19/h3-8,10H,9H2,1-2H3,(H,20,21). The molecule has 4 nitrogen and oxygen atoms in total. The van der Waals surface area contributed by atoms with Gasteiger partial charge in [0.15, 0.2) is 0 Å². The molecule has 1 N–H and O–H groups in total. The highest BCUT2D eigenvalue weighted by atomic mass is 16.4. The first kappa shape index (κ1) is 13.4. The van der Waals surface area contributed by atoms with Crippen molar-refractivity contribution in [2.45, 2.75) is 20.4 Å². The molecular weight excluding hydrogens is 264 g/mol. The Bertz CT molecular complexity index is 817. The van der Waals surface area contributed by atoms with Crippen LogP contribution in [-0.2, 0) is 6.54 Å². The van der Waals surface area contributed by atoms with Gasteiger partial charge in [0.1, 0.15) is 0 Å². The number of hydrogen-bond acceptors (Lipinski definition) is 2. The van der Waals surface area contributed by atoms with E-state index in [0.29, 0.717) is 12.1 Å². The third kappa shape index (κ3) is 2.40. The highest BCUT2D eigenvalue weighted by Gasteiger charge is 2.15. The molecule has 0 atom stereocenters. The average molecular weight is 280 g/mol. The molecule has 3 aromatic rings. The van der Waals surface area contributed by atoms with Crippen molar-refractivity contribution in [1.82, 2.24) is 9.55 Å². The first-order valence-corrected chi connectivity index (χ1v) is 6.79. The third-order valence-corrected chi connectivity index (χ3v) is 3.64. The Hall–Kier alpha value is -2.62. The van der Waals surface area contributed by atoms with E-state index in [9.17, 15) is 9.90 Å². The minimum atomic E-state index is -0.902. The Balaban J connectivity index is 2.13. The number of benzene rings is 1. The SMILES string of the molecule is Cc1ccc(Cn2cc(C(=O)O)c3cccc(C)c32)nc1. The topological polar surface area (TPSA) is 55.1 Å². The number of carboxylic acids is 1. The van der Waals surface area contributed by atoms with E-state index in [1.807, 2.05) is 54.9 Å². The van der Waals surface area contributed by atoms with Crippen molar-refractivity contribution in [2.75, 3.05) is 0 Å². The monoisotopic (exact) mass is 280 g/mol. The second-order valence-corrected chi connectivity index (χ2v) is 5.27. The summed E-state index contributed by atoms with van der Waals surface area (Å²) in [7, 11) is 0. The fraction of sp³-hybridized carbons (Fsp3) is 0.176. The van der Waals surface area contributed by atoms with E-state index in [1.54, 1.807) is 6.20 Å². The van der Waals surface area contributed by atoms with Crippen molar-refractivity contribution >= 4 is 16.9 Å². The van der Waals surface area contributed by atoms with E-state index in [0.717, 1.165) is 27.7 Å². The van der Waals surface area contributed by atoms with Gasteiger partial charge in [-0.25, -0.2) is 4.79 Å². The average Bonchev–Trinajstić information content (AvgIpc) is 2.82. The molecule has 0 unspecified atom stereocenters. The molecule has 4 heteroatoms. The summed E-state index contributed by atoms with van der Waals surface area (Å²) in [5.41, 5.74) is 4.38. The molecule has 0 amide bonds. The van der Waals surface area contributed by atoms with Gasteiger partial charge in [-0.2, -0.15) is 0 Å². The van der Waals surface area contributed by atoms with Crippen LogP contribution >= 0.6 is 0 Å². The molecule has 1 aromatic carbocycles. The first-order chi connectivity index (χ1) is 10.1. The zero-order valence-corrected chi connectivity index (χ0v) is 12.0. The van der Waals surface area contributed by atoms with Crippen LogP contribution in [0.3, 0.4) is 0 Å². The zero-order chi connectivity index (χ0) is 15.0. The lowest BCUT2D eigenvalue weighted by molar-refractivity contribution is 0.0699. The predicted octanol–water partition coefficient (Wildman–Crippen LogP) is 3.40. The molecule has 0 aliphatic carbocycles. The quantitative estimate of drug-likeness (QED) is 0.800. The van der Waals surface area contributed by atoms with Gasteiger partial charge in [0.25, 0.3) is 0 Å². The fourth-order valence-corrected chi connectivity index (χ4v) is 2.61. The number of aryl methyl sites for hydroxylation is 2. The number of rotatable bonds is 3. The number of carbonyl (C=O) groups is 1. The molecule has 3 rings (SSSR count). The van der Waals surface area contributed by atoms with Crippen LogP contribution in [0.15, 0.2) is 42.7 Å². The predicted molar refractivity (Wildman–Crippen MR) is 81.7 cm³/mol. The molecule has 0 aliphatic heterocycles. The van der Waals surface area contributed by atoms with Crippen LogP contribution in [0.2, 0.25) is 0 Å². The van der Waals surface area contributed by atoms with E-state index in [4.69, 9.17) is 0 Å². The van der Waals surface area contributed by atoms with Gasteiger partial charge in [-0.1, -0.05) is 24.3 Å². The number of aromatic nitrogens is 2. The Morgan fingerprint density at radius 3 is 2.71 bits per heavy atom. The molecule has 0 radical (unpaired) electrons. The fourth-order valence-electron chi connectivity index (χ4n) is 2.61. The molecule has 0 fully saturated rings. The van der Waals surface area contributed by atoms with Crippen molar-refractivity contribution < 1.29 is 9.90 Å². The van der Waals surface area contributed by atoms with Crippen molar-refractivity contribution in [1.29, 1.82) is 0 Å². The smallest absolute Gasteiger partial charge is 0.337 e. The van der Waals surface area contributed by atoms with Crippen LogP contribution in [0.4, 0.5) is 0 Å². The molecule has 0 bridgehead atoms. The van der Waals surface area contributed by atoms with Crippen LogP contribution in [0.1, 0.15) is 27.2 Å². The van der Waals surface area contributed by atoms with Gasteiger partial charge in [-0.3, -0.25) is 4.98 Å². The van der Waals surface area contributed by atoms with Crippen LogP contribution < -0.4 is 0 Å². The summed E-state index contributed by atoms with van der Waals surface area (Å²) in [6, 6.07) is 9.72. The van der Waals surface area contributed by atoms with E-state index in [2.05, 4.69) is 4.98 Å². The van der Waals surface area contributed by atoms with Gasteiger partial charge in [0, 0.05) is 17.8 Å². The molecule has 21 heavy (non-hydrogen) atoms. The summed E-state index contributed by atoms with van der Waals surface area (Å²) >= 11 is 0. The molecular formula is C17H16N2O2. The molecule has 0 spiro atoms. The summed E-state index contributed by atoms with van der Waals surface area (Å²) in [5.74, 6) is -0.902. The van der Waals surface area contributed by atoms with Gasteiger partial charge >= 0.3 is 5.97 Å². The molecule has 106 valence electrons. The number of aromatic carboxylic acids is 1. The van der Waals surface area contributed by atoms with Crippen LogP contribution in [0.25, 0.3) is 10.9 Å². The second kappa shape index (κ2) is 5.05. The molecule has 2 heterocycles. The van der Waals surface area contributed by atoms with E-state index < -0.39 is 5.97 Å². The van der Waals surface area contributed by atoms with Gasteiger partial charge in [0.05, 0.1) is 23.3 Å². The highest BCUT2D eigenvalue weighted by Crippen LogP contribution is 2.25. The third-order valence-electron chi connectivity index (χ3n) is 3.64. The molecule has 0 saturated carbocycles. The van der Waals surface area contributed by atoms with Crippen LogP contribution in [0, 0.1) is 13.8 Å². The maximum absolute atomic E-state index is 11.4. The van der Waals surface area contributed by atoms with Gasteiger partial charge in [-0.05, 0) is 31.0 Å². The number of fused-ring (bicyclic) bond motifs is 1. The normalized spacial score (nSPS) is 11.0. The summed E-state index contributed by atoms with van der Waals surface area (Å²) in [5, 5.41) is 10.1. The molecule has 2 aromatic heterocycles. The lowest BCUT2D eigenvalue weighted by atomic mass is 10.1. The largest absolute Gasteiger partial charge is 0.478 e. The van der Waals surface area contributed by atoms with Crippen LogP contribution in [-0.4, -0.2) is 20.6 Å². The molecule has 0 aliphatic rings. The maximum Gasteiger partial charge on any atom is 0.337 e. The first-order valence-electron chi connectivity index (χ1n) is 6.79. The number of hydrogen-bond donors (Lipinski definition) is 1. The van der Waals surface area contributed by atoms with Gasteiger partial charge < -0.3 is 9.67 Å². The van der Waals surface area contributed by atoms with E-state index >= 15 is 0 Å². The number of para-hydroxylation sites is 1. The van der Waals surface area contributed by atoms with Crippen molar-refractivity contribution in [3.05, 3.63) is 65.1 Å². The summed E-state index contributed by atoms with van der Waals surface area (Å²) in [6.45, 7) is 4.55. The number of nitrogens with zero attached hydrogens (tertiary/aromatic N) is 2. The summed E-state index contributed by atoms with van der Waals surface area (Å²) in [4.78, 5) is 15.8. The lowest BCUT2D eigenvalue weighted by Gasteiger charge is -2.07. The Morgan fingerprint density at radius 2 is 2.05 bits per heavy atom. The van der Waals surface area contributed by atoms with Gasteiger partial charge in [-0.15, -0.1) is 0 Å². The Morgan fingerprint density at radius 1 is 1.24 bits per heavy atom. The minimum absolute atomic E-state index is 0.334. The Kier molecular flexibility index (Phi) is 3.22. The molecule has 0 saturated heterocycles. The number of pyridine rings is 1. The highest BCUT2D eigenvalue weighted by molar-refractivity contribution is 6.04. The van der Waals surface area contributed by atoms with Crippen molar-refractivity contribution in [2.24, 2.45) is 0 Å². The van der Waals surface area contributed by atoms with E-state index in [1.165, 1.54) is 0 Å². The minimum Gasteiger partial charge on any atom is -0.478 e. The summed E-state index contributed by atoms with van der Waals surface area (Å²) in [6.07, 6.45) is 3.52. The van der Waals surface area contributed by atoms with E-state index in [-0.39, 0.29) is 0 Å². The number of carboxylic acid groups (broad SMARTS) is 1. The lowest BCUT2D eigenvalue weighted by Crippen LogP contribution is -2.01.